The van der Waals surface area contributed by atoms with Crippen LogP contribution >= 0.6 is 0 Å². The highest BCUT2D eigenvalue weighted by atomic mass is 19.1. The minimum Gasteiger partial charge on any atom is -0.349 e. The Morgan fingerprint density at radius 1 is 1.28 bits per heavy atom. The molecule has 3 rings (SSSR count). The number of carbonyl (C=O) groups is 1. The van der Waals surface area contributed by atoms with Gasteiger partial charge in [-0.3, -0.25) is 14.6 Å². The van der Waals surface area contributed by atoms with E-state index in [1.54, 1.807) is 12.1 Å². The average molecular weight is 345 g/mol. The Hall–Kier alpha value is -2.70. The third-order valence-electron chi connectivity index (χ3n) is 4.74. The van der Waals surface area contributed by atoms with Crippen molar-refractivity contribution in [3.63, 3.8) is 0 Å². The predicted molar refractivity (Wildman–Crippen MR) is 91.0 cm³/mol. The van der Waals surface area contributed by atoms with Crippen LogP contribution in [0.2, 0.25) is 0 Å². The topological polar surface area (TPSA) is 84.0 Å². The number of halogens is 1. The van der Waals surface area contributed by atoms with Gasteiger partial charge in [-0.05, 0) is 42.9 Å². The van der Waals surface area contributed by atoms with Crippen molar-refractivity contribution in [2.45, 2.75) is 31.7 Å². The molecule has 0 radical (unpaired) electrons. The standard InChI is InChI=1S/C18H20FN3O3/c1-22-10-14(17(24)21-18(22)25)16(23)20-15-4-2-3-12(15)9-11-5-7-13(19)8-6-11/h5-8,10,12,15H,2-4,9H2,1H3,(H,20,23)(H,21,24,25)/t12-,15-/m1/s1. The summed E-state index contributed by atoms with van der Waals surface area (Å²) >= 11 is 0. The number of H-pyrrole nitrogens is 1. The van der Waals surface area contributed by atoms with Gasteiger partial charge in [-0.25, -0.2) is 9.18 Å². The van der Waals surface area contributed by atoms with Gasteiger partial charge in [0.25, 0.3) is 11.5 Å². The van der Waals surface area contributed by atoms with Gasteiger partial charge in [0.05, 0.1) is 0 Å². The maximum absolute atomic E-state index is 13.0. The molecule has 2 atom stereocenters. The van der Waals surface area contributed by atoms with Crippen molar-refractivity contribution in [1.82, 2.24) is 14.9 Å². The molecule has 2 N–H and O–H groups in total. The quantitative estimate of drug-likeness (QED) is 0.877. The molecule has 1 aliphatic carbocycles. The number of aromatic nitrogens is 2. The number of benzene rings is 1. The second kappa shape index (κ2) is 7.04. The third kappa shape index (κ3) is 3.87. The van der Waals surface area contributed by atoms with E-state index in [1.807, 2.05) is 0 Å². The summed E-state index contributed by atoms with van der Waals surface area (Å²) in [5, 5.41) is 2.92. The first-order valence-electron chi connectivity index (χ1n) is 8.29. The summed E-state index contributed by atoms with van der Waals surface area (Å²) in [6.07, 6.45) is 4.78. The van der Waals surface area contributed by atoms with Gasteiger partial charge in [0.2, 0.25) is 0 Å². The van der Waals surface area contributed by atoms with Gasteiger partial charge < -0.3 is 9.88 Å². The molecule has 1 heterocycles. The number of amides is 1. The summed E-state index contributed by atoms with van der Waals surface area (Å²) in [5.41, 5.74) is -0.299. The van der Waals surface area contributed by atoms with Crippen LogP contribution in [0.1, 0.15) is 35.2 Å². The van der Waals surface area contributed by atoms with Crippen LogP contribution < -0.4 is 16.6 Å². The molecule has 25 heavy (non-hydrogen) atoms. The molecular weight excluding hydrogens is 325 g/mol. The molecule has 0 spiro atoms. The fourth-order valence-corrected chi connectivity index (χ4v) is 3.37. The minimum atomic E-state index is -0.686. The van der Waals surface area contributed by atoms with Crippen LogP contribution in [-0.4, -0.2) is 21.5 Å². The summed E-state index contributed by atoms with van der Waals surface area (Å²) in [6, 6.07) is 6.33. The molecule has 132 valence electrons. The first kappa shape index (κ1) is 17.1. The Morgan fingerprint density at radius 3 is 2.72 bits per heavy atom. The van der Waals surface area contributed by atoms with E-state index in [2.05, 4.69) is 10.3 Å². The average Bonchev–Trinajstić information content (AvgIpc) is 3.00. The van der Waals surface area contributed by atoms with Crippen LogP contribution in [0.3, 0.4) is 0 Å². The zero-order chi connectivity index (χ0) is 18.0. The number of hydrogen-bond donors (Lipinski definition) is 2. The Kier molecular flexibility index (Phi) is 4.83. The Balaban J connectivity index is 1.72. The van der Waals surface area contributed by atoms with Crippen LogP contribution in [0.15, 0.2) is 40.1 Å². The Morgan fingerprint density at radius 2 is 2.00 bits per heavy atom. The Bertz CT molecular complexity index is 886. The predicted octanol–water partition coefficient (Wildman–Crippen LogP) is 1.35. The lowest BCUT2D eigenvalue weighted by Crippen LogP contribution is -2.42. The van der Waals surface area contributed by atoms with E-state index in [0.717, 1.165) is 31.2 Å². The number of carbonyl (C=O) groups excluding carboxylic acids is 1. The zero-order valence-electron chi connectivity index (χ0n) is 13.9. The third-order valence-corrected chi connectivity index (χ3v) is 4.74. The van der Waals surface area contributed by atoms with E-state index < -0.39 is 17.2 Å². The van der Waals surface area contributed by atoms with Crippen molar-refractivity contribution < 1.29 is 9.18 Å². The van der Waals surface area contributed by atoms with Crippen LogP contribution in [0, 0.1) is 11.7 Å². The zero-order valence-corrected chi connectivity index (χ0v) is 13.9. The molecule has 1 saturated carbocycles. The van der Waals surface area contributed by atoms with Crippen molar-refractivity contribution in [3.8, 4) is 0 Å². The van der Waals surface area contributed by atoms with Crippen molar-refractivity contribution in [1.29, 1.82) is 0 Å². The normalized spacial score (nSPS) is 19.8. The molecule has 1 amide bonds. The van der Waals surface area contributed by atoms with Gasteiger partial charge >= 0.3 is 5.69 Å². The van der Waals surface area contributed by atoms with Gasteiger partial charge in [0.1, 0.15) is 11.4 Å². The molecule has 6 nitrogen and oxygen atoms in total. The highest BCUT2D eigenvalue weighted by Crippen LogP contribution is 2.29. The molecule has 1 aromatic carbocycles. The van der Waals surface area contributed by atoms with E-state index in [9.17, 15) is 18.8 Å². The summed E-state index contributed by atoms with van der Waals surface area (Å²) in [5.74, 6) is -0.511. The number of hydrogen-bond acceptors (Lipinski definition) is 3. The van der Waals surface area contributed by atoms with Gasteiger partial charge in [-0.15, -0.1) is 0 Å². The summed E-state index contributed by atoms with van der Waals surface area (Å²) in [6.45, 7) is 0. The smallest absolute Gasteiger partial charge is 0.328 e. The maximum atomic E-state index is 13.0. The maximum Gasteiger partial charge on any atom is 0.328 e. The summed E-state index contributed by atoms with van der Waals surface area (Å²) in [4.78, 5) is 37.8. The highest BCUT2D eigenvalue weighted by Gasteiger charge is 2.29. The second-order valence-electron chi connectivity index (χ2n) is 6.51. The largest absolute Gasteiger partial charge is 0.349 e. The highest BCUT2D eigenvalue weighted by molar-refractivity contribution is 5.93. The lowest BCUT2D eigenvalue weighted by Gasteiger charge is -2.21. The molecule has 1 aromatic heterocycles. The molecule has 0 aliphatic heterocycles. The van der Waals surface area contributed by atoms with Gasteiger partial charge in [-0.1, -0.05) is 18.6 Å². The first-order chi connectivity index (χ1) is 11.9. The molecular formula is C18H20FN3O3. The van der Waals surface area contributed by atoms with Crippen molar-refractivity contribution in [2.24, 2.45) is 13.0 Å². The van der Waals surface area contributed by atoms with E-state index in [1.165, 1.54) is 29.9 Å². The van der Waals surface area contributed by atoms with Crippen LogP contribution in [-0.2, 0) is 13.5 Å². The fraction of sp³-hybridized carbons (Fsp3) is 0.389. The molecule has 0 bridgehead atoms. The number of aryl methyl sites for hydroxylation is 1. The van der Waals surface area contributed by atoms with Crippen LogP contribution in [0.25, 0.3) is 0 Å². The van der Waals surface area contributed by atoms with Crippen LogP contribution in [0.4, 0.5) is 4.39 Å². The van der Waals surface area contributed by atoms with Crippen molar-refractivity contribution in [3.05, 3.63) is 68.2 Å². The van der Waals surface area contributed by atoms with Gasteiger partial charge in [0.15, 0.2) is 0 Å². The van der Waals surface area contributed by atoms with E-state index in [4.69, 9.17) is 0 Å². The monoisotopic (exact) mass is 345 g/mol. The van der Waals surface area contributed by atoms with Gasteiger partial charge in [0, 0.05) is 19.3 Å². The minimum absolute atomic E-state index is 0.0470. The molecule has 2 aromatic rings. The lowest BCUT2D eigenvalue weighted by molar-refractivity contribution is 0.0925. The van der Waals surface area contributed by atoms with Crippen molar-refractivity contribution in [2.75, 3.05) is 0 Å². The van der Waals surface area contributed by atoms with Gasteiger partial charge in [-0.2, -0.15) is 0 Å². The second-order valence-corrected chi connectivity index (χ2v) is 6.51. The molecule has 7 heteroatoms. The SMILES string of the molecule is Cn1cc(C(=O)N[C@@H]2CCC[C@@H]2Cc2ccc(F)cc2)c(=O)[nH]c1=O. The summed E-state index contributed by atoms with van der Waals surface area (Å²) in [7, 11) is 1.47. The Labute approximate surface area is 143 Å². The lowest BCUT2D eigenvalue weighted by atomic mass is 9.94. The molecule has 1 fully saturated rings. The number of rotatable bonds is 4. The van der Waals surface area contributed by atoms with E-state index in [-0.39, 0.29) is 23.3 Å². The first-order valence-corrected chi connectivity index (χ1v) is 8.29. The van der Waals surface area contributed by atoms with Crippen molar-refractivity contribution >= 4 is 5.91 Å². The van der Waals surface area contributed by atoms with E-state index in [0.29, 0.717) is 0 Å². The molecule has 1 aliphatic rings. The number of aromatic amines is 1. The van der Waals surface area contributed by atoms with E-state index >= 15 is 0 Å². The molecule has 0 saturated heterocycles. The molecule has 0 unspecified atom stereocenters. The number of nitrogens with one attached hydrogen (secondary N) is 2. The number of nitrogens with zero attached hydrogens (tertiary/aromatic N) is 1. The summed E-state index contributed by atoms with van der Waals surface area (Å²) < 4.78 is 14.2. The van der Waals surface area contributed by atoms with Crippen LogP contribution in [0.5, 0.6) is 0 Å². The fourth-order valence-electron chi connectivity index (χ4n) is 3.37.